The van der Waals surface area contributed by atoms with Gasteiger partial charge in [0.1, 0.15) is 5.15 Å². The molecular formula is C20H28ClIN4O. The van der Waals surface area contributed by atoms with E-state index in [1.807, 2.05) is 24.3 Å². The number of hydrogen-bond donors (Lipinski definition) is 2. The summed E-state index contributed by atoms with van der Waals surface area (Å²) in [6, 6.07) is 14.1. The Bertz CT molecular complexity index is 667. The Morgan fingerprint density at radius 3 is 2.56 bits per heavy atom. The van der Waals surface area contributed by atoms with Gasteiger partial charge in [0.2, 0.25) is 0 Å². The summed E-state index contributed by atoms with van der Waals surface area (Å²) in [6.45, 7) is 4.37. The highest BCUT2D eigenvalue weighted by atomic mass is 127. The van der Waals surface area contributed by atoms with Crippen LogP contribution in [-0.4, -0.2) is 37.7 Å². The molecule has 1 heterocycles. The number of aromatic nitrogens is 1. The highest BCUT2D eigenvalue weighted by Gasteiger charge is 2.04. The van der Waals surface area contributed by atoms with E-state index in [4.69, 9.17) is 16.3 Å². The molecule has 2 N–H and O–H groups in total. The molecule has 1 atom stereocenters. The van der Waals surface area contributed by atoms with Gasteiger partial charge in [0, 0.05) is 32.9 Å². The molecule has 1 aromatic heterocycles. The molecular weight excluding hydrogens is 475 g/mol. The smallest absolute Gasteiger partial charge is 0.190 e. The second-order valence-corrected chi connectivity index (χ2v) is 6.33. The number of halogens is 2. The standard InChI is InChI=1S/C20H27ClN4O.HI/c1-16(18-7-4-3-5-8-18)26-14-6-12-23-20(22-2)24-13-11-17-9-10-19(21)25-15-17;/h3-5,7-10,15-16H,6,11-14H2,1-2H3,(H2,22,23,24);1H. The van der Waals surface area contributed by atoms with Crippen molar-refractivity contribution < 1.29 is 4.74 Å². The number of aliphatic imine (C=N–C) groups is 1. The molecule has 1 aromatic carbocycles. The van der Waals surface area contributed by atoms with Crippen LogP contribution in [0.15, 0.2) is 53.7 Å². The van der Waals surface area contributed by atoms with Crippen molar-refractivity contribution in [1.82, 2.24) is 15.6 Å². The van der Waals surface area contributed by atoms with E-state index < -0.39 is 0 Å². The van der Waals surface area contributed by atoms with Crippen molar-refractivity contribution in [2.45, 2.75) is 25.9 Å². The third-order valence-electron chi connectivity index (χ3n) is 3.97. The van der Waals surface area contributed by atoms with Gasteiger partial charge in [-0.15, -0.1) is 24.0 Å². The minimum Gasteiger partial charge on any atom is -0.374 e. The molecule has 0 fully saturated rings. The molecule has 27 heavy (non-hydrogen) atoms. The topological polar surface area (TPSA) is 58.5 Å². The Labute approximate surface area is 184 Å². The Morgan fingerprint density at radius 1 is 1.15 bits per heavy atom. The molecule has 2 rings (SSSR count). The molecule has 0 saturated heterocycles. The van der Waals surface area contributed by atoms with Crippen LogP contribution in [0.3, 0.4) is 0 Å². The average molecular weight is 503 g/mol. The Kier molecular flexibility index (Phi) is 12.0. The van der Waals surface area contributed by atoms with Crippen molar-refractivity contribution in [1.29, 1.82) is 0 Å². The van der Waals surface area contributed by atoms with Crippen molar-refractivity contribution >= 4 is 41.5 Å². The lowest BCUT2D eigenvalue weighted by Crippen LogP contribution is -2.39. The molecule has 0 bridgehead atoms. The summed E-state index contributed by atoms with van der Waals surface area (Å²) in [5.74, 6) is 0.794. The predicted octanol–water partition coefficient (Wildman–Crippen LogP) is 4.23. The number of nitrogens with zero attached hydrogens (tertiary/aromatic N) is 2. The summed E-state index contributed by atoms with van der Waals surface area (Å²) in [5, 5.41) is 7.11. The number of pyridine rings is 1. The fourth-order valence-electron chi connectivity index (χ4n) is 2.46. The molecule has 1 unspecified atom stereocenters. The zero-order valence-corrected chi connectivity index (χ0v) is 18.9. The number of benzene rings is 1. The van der Waals surface area contributed by atoms with Crippen LogP contribution in [0.1, 0.15) is 30.6 Å². The summed E-state index contributed by atoms with van der Waals surface area (Å²) >= 11 is 5.79. The number of guanidine groups is 1. The van der Waals surface area contributed by atoms with Gasteiger partial charge in [0.25, 0.3) is 0 Å². The van der Waals surface area contributed by atoms with Gasteiger partial charge in [-0.3, -0.25) is 4.99 Å². The first-order chi connectivity index (χ1) is 12.7. The molecule has 0 aliphatic carbocycles. The van der Waals surface area contributed by atoms with Crippen LogP contribution in [0.5, 0.6) is 0 Å². The summed E-state index contributed by atoms with van der Waals surface area (Å²) in [4.78, 5) is 8.31. The summed E-state index contributed by atoms with van der Waals surface area (Å²) in [7, 11) is 1.77. The molecule has 0 aliphatic rings. The van der Waals surface area contributed by atoms with Crippen molar-refractivity contribution in [2.75, 3.05) is 26.7 Å². The Morgan fingerprint density at radius 2 is 1.89 bits per heavy atom. The molecule has 148 valence electrons. The van der Waals surface area contributed by atoms with E-state index in [9.17, 15) is 0 Å². The van der Waals surface area contributed by atoms with Crippen molar-refractivity contribution in [2.24, 2.45) is 4.99 Å². The maximum Gasteiger partial charge on any atom is 0.190 e. The fraction of sp³-hybridized carbons (Fsp3) is 0.400. The second-order valence-electron chi connectivity index (χ2n) is 5.94. The molecule has 2 aromatic rings. The van der Waals surface area contributed by atoms with Gasteiger partial charge in [-0.2, -0.15) is 0 Å². The molecule has 7 heteroatoms. The van der Waals surface area contributed by atoms with Crippen molar-refractivity contribution in [3.63, 3.8) is 0 Å². The van der Waals surface area contributed by atoms with Gasteiger partial charge in [-0.25, -0.2) is 4.98 Å². The summed E-state index contributed by atoms with van der Waals surface area (Å²) in [6.07, 6.45) is 3.69. The maximum atomic E-state index is 5.87. The van der Waals surface area contributed by atoms with E-state index in [0.29, 0.717) is 11.8 Å². The summed E-state index contributed by atoms with van der Waals surface area (Å²) < 4.78 is 5.87. The van der Waals surface area contributed by atoms with Crippen molar-refractivity contribution in [3.05, 3.63) is 64.9 Å². The zero-order chi connectivity index (χ0) is 18.6. The van der Waals surface area contributed by atoms with E-state index in [0.717, 1.165) is 37.5 Å². The normalized spacial score (nSPS) is 12.2. The Balaban J connectivity index is 0.00000364. The van der Waals surface area contributed by atoms with Crippen LogP contribution >= 0.6 is 35.6 Å². The lowest BCUT2D eigenvalue weighted by atomic mass is 10.1. The Hall–Kier alpha value is -1.38. The van der Waals surface area contributed by atoms with E-state index >= 15 is 0 Å². The lowest BCUT2D eigenvalue weighted by molar-refractivity contribution is 0.0646. The minimum absolute atomic E-state index is 0. The van der Waals surface area contributed by atoms with Gasteiger partial charge in [-0.05, 0) is 37.0 Å². The quantitative estimate of drug-likeness (QED) is 0.177. The van der Waals surface area contributed by atoms with Crippen LogP contribution in [0, 0.1) is 0 Å². The van der Waals surface area contributed by atoms with Crippen LogP contribution < -0.4 is 10.6 Å². The van der Waals surface area contributed by atoms with Crippen LogP contribution in [-0.2, 0) is 11.2 Å². The van der Waals surface area contributed by atoms with Gasteiger partial charge >= 0.3 is 0 Å². The second kappa shape index (κ2) is 13.7. The predicted molar refractivity (Wildman–Crippen MR) is 123 cm³/mol. The van der Waals surface area contributed by atoms with Crippen molar-refractivity contribution in [3.8, 4) is 0 Å². The first-order valence-electron chi connectivity index (χ1n) is 8.90. The van der Waals surface area contributed by atoms with Gasteiger partial charge < -0.3 is 15.4 Å². The van der Waals surface area contributed by atoms with E-state index in [1.165, 1.54) is 5.56 Å². The van der Waals surface area contributed by atoms with Gasteiger partial charge in [0.15, 0.2) is 5.96 Å². The summed E-state index contributed by atoms with van der Waals surface area (Å²) in [5.41, 5.74) is 2.34. The molecule has 0 amide bonds. The third kappa shape index (κ3) is 9.39. The van der Waals surface area contributed by atoms with Crippen LogP contribution in [0.25, 0.3) is 0 Å². The van der Waals surface area contributed by atoms with E-state index in [-0.39, 0.29) is 30.1 Å². The lowest BCUT2D eigenvalue weighted by Gasteiger charge is -2.15. The molecule has 0 saturated carbocycles. The first-order valence-corrected chi connectivity index (χ1v) is 9.28. The largest absolute Gasteiger partial charge is 0.374 e. The fourth-order valence-corrected chi connectivity index (χ4v) is 2.57. The SMILES string of the molecule is CN=C(NCCCOC(C)c1ccccc1)NCCc1ccc(Cl)nc1.I. The number of hydrogen-bond acceptors (Lipinski definition) is 3. The van der Waals surface area contributed by atoms with Crippen LogP contribution in [0.4, 0.5) is 0 Å². The first kappa shape index (κ1) is 23.7. The third-order valence-corrected chi connectivity index (χ3v) is 4.19. The monoisotopic (exact) mass is 502 g/mol. The number of ether oxygens (including phenoxy) is 1. The minimum atomic E-state index is 0. The molecule has 0 spiro atoms. The van der Waals surface area contributed by atoms with E-state index in [2.05, 4.69) is 39.7 Å². The highest BCUT2D eigenvalue weighted by Crippen LogP contribution is 2.15. The molecule has 0 radical (unpaired) electrons. The van der Waals surface area contributed by atoms with Gasteiger partial charge in [-0.1, -0.05) is 48.0 Å². The zero-order valence-electron chi connectivity index (χ0n) is 15.8. The molecule has 5 nitrogen and oxygen atoms in total. The maximum absolute atomic E-state index is 5.87. The van der Waals surface area contributed by atoms with E-state index in [1.54, 1.807) is 19.3 Å². The van der Waals surface area contributed by atoms with Gasteiger partial charge in [0.05, 0.1) is 6.10 Å². The van der Waals surface area contributed by atoms with Crippen LogP contribution in [0.2, 0.25) is 5.15 Å². The number of rotatable bonds is 9. The highest BCUT2D eigenvalue weighted by molar-refractivity contribution is 14.0. The average Bonchev–Trinajstić information content (AvgIpc) is 2.68. The molecule has 0 aliphatic heterocycles. The number of nitrogens with one attached hydrogen (secondary N) is 2.